The van der Waals surface area contributed by atoms with Gasteiger partial charge in [0.2, 0.25) is 11.8 Å². The molecule has 0 radical (unpaired) electrons. The van der Waals surface area contributed by atoms with E-state index in [1.807, 2.05) is 6.92 Å². The molecule has 0 aliphatic carbocycles. The second-order valence-electron chi connectivity index (χ2n) is 4.98. The van der Waals surface area contributed by atoms with Gasteiger partial charge in [-0.15, -0.1) is 0 Å². The third kappa shape index (κ3) is 3.68. The van der Waals surface area contributed by atoms with Crippen molar-refractivity contribution < 1.29 is 19.1 Å². The Bertz CT molecular complexity index is 370. The molecule has 1 aliphatic heterocycles. The van der Waals surface area contributed by atoms with Gasteiger partial charge in [0.1, 0.15) is 0 Å². The molecule has 2 amide bonds. The Kier molecular flexibility index (Phi) is 5.32. The lowest BCUT2D eigenvalue weighted by molar-refractivity contribution is -0.146. The molecular formula is C13H22N2O4. The smallest absolute Gasteiger partial charge is 0.310 e. The van der Waals surface area contributed by atoms with E-state index in [0.29, 0.717) is 19.6 Å². The minimum atomic E-state index is -0.363. The van der Waals surface area contributed by atoms with Crippen molar-refractivity contribution in [1.29, 1.82) is 0 Å². The van der Waals surface area contributed by atoms with Crippen molar-refractivity contribution in [3.05, 3.63) is 0 Å². The Morgan fingerprint density at radius 3 is 2.63 bits per heavy atom. The summed E-state index contributed by atoms with van der Waals surface area (Å²) in [5.41, 5.74) is 0. The Labute approximate surface area is 113 Å². The molecule has 0 aromatic heterocycles. The zero-order valence-corrected chi connectivity index (χ0v) is 12.0. The van der Waals surface area contributed by atoms with Gasteiger partial charge < -0.3 is 14.5 Å². The zero-order chi connectivity index (χ0) is 14.6. The molecule has 19 heavy (non-hydrogen) atoms. The molecule has 0 N–H and O–H groups in total. The summed E-state index contributed by atoms with van der Waals surface area (Å²) in [4.78, 5) is 38.3. The van der Waals surface area contributed by atoms with Gasteiger partial charge in [-0.3, -0.25) is 14.4 Å². The van der Waals surface area contributed by atoms with E-state index in [0.717, 1.165) is 0 Å². The first kappa shape index (κ1) is 15.5. The summed E-state index contributed by atoms with van der Waals surface area (Å²) in [6, 6.07) is 0. The topological polar surface area (TPSA) is 66.9 Å². The Morgan fingerprint density at radius 1 is 1.53 bits per heavy atom. The van der Waals surface area contributed by atoms with Crippen LogP contribution in [0.2, 0.25) is 0 Å². The predicted octanol–water partition coefficient (Wildman–Crippen LogP) is 0.122. The van der Waals surface area contributed by atoms with Gasteiger partial charge >= 0.3 is 5.97 Å². The van der Waals surface area contributed by atoms with Crippen LogP contribution in [0.25, 0.3) is 0 Å². The van der Waals surface area contributed by atoms with Gasteiger partial charge in [0.25, 0.3) is 0 Å². The highest BCUT2D eigenvalue weighted by molar-refractivity contribution is 5.89. The Balaban J connectivity index is 2.54. The maximum atomic E-state index is 12.2. The molecule has 6 nitrogen and oxygen atoms in total. The van der Waals surface area contributed by atoms with Crippen molar-refractivity contribution in [3.8, 4) is 0 Å². The van der Waals surface area contributed by atoms with Gasteiger partial charge in [-0.1, -0.05) is 6.92 Å². The third-order valence-electron chi connectivity index (χ3n) is 3.47. The average molecular weight is 270 g/mol. The van der Waals surface area contributed by atoms with Crippen LogP contribution < -0.4 is 0 Å². The van der Waals surface area contributed by atoms with Crippen molar-refractivity contribution in [3.63, 3.8) is 0 Å². The maximum Gasteiger partial charge on any atom is 0.310 e. The zero-order valence-electron chi connectivity index (χ0n) is 12.0. The summed E-state index contributed by atoms with van der Waals surface area (Å²) in [6.45, 7) is 5.03. The van der Waals surface area contributed by atoms with Crippen molar-refractivity contribution in [1.82, 2.24) is 9.80 Å². The predicted molar refractivity (Wildman–Crippen MR) is 69.2 cm³/mol. The molecule has 1 fully saturated rings. The maximum absolute atomic E-state index is 12.2. The van der Waals surface area contributed by atoms with Gasteiger partial charge in [0, 0.05) is 33.1 Å². The quantitative estimate of drug-likeness (QED) is 0.666. The number of esters is 1. The molecule has 2 unspecified atom stereocenters. The Hall–Kier alpha value is -1.59. The van der Waals surface area contributed by atoms with E-state index < -0.39 is 0 Å². The number of ether oxygens (including phenoxy) is 1. The molecule has 6 heteroatoms. The number of hydrogen-bond donors (Lipinski definition) is 0. The van der Waals surface area contributed by atoms with Crippen LogP contribution in [-0.2, 0) is 19.1 Å². The molecule has 1 saturated heterocycles. The van der Waals surface area contributed by atoms with Crippen molar-refractivity contribution >= 4 is 17.8 Å². The number of nitrogens with zero attached hydrogens (tertiary/aromatic N) is 2. The lowest BCUT2D eigenvalue weighted by Gasteiger charge is -2.23. The number of carbonyl (C=O) groups excluding carboxylic acids is 3. The molecule has 0 bridgehead atoms. The summed E-state index contributed by atoms with van der Waals surface area (Å²) in [6.07, 6.45) is 0.267. The summed E-state index contributed by atoms with van der Waals surface area (Å²) in [7, 11) is 2.98. The molecule has 0 aromatic rings. The van der Waals surface area contributed by atoms with Crippen LogP contribution in [0.15, 0.2) is 0 Å². The van der Waals surface area contributed by atoms with E-state index in [4.69, 9.17) is 0 Å². The largest absolute Gasteiger partial charge is 0.469 e. The van der Waals surface area contributed by atoms with Gasteiger partial charge in [-0.2, -0.15) is 0 Å². The third-order valence-corrected chi connectivity index (χ3v) is 3.47. The van der Waals surface area contributed by atoms with E-state index in [-0.39, 0.29) is 36.0 Å². The molecule has 1 heterocycles. The second kappa shape index (κ2) is 6.54. The first-order valence-electron chi connectivity index (χ1n) is 6.51. The summed E-state index contributed by atoms with van der Waals surface area (Å²) >= 11 is 0. The van der Waals surface area contributed by atoms with Crippen molar-refractivity contribution in [2.24, 2.45) is 11.8 Å². The first-order chi connectivity index (χ1) is 8.90. The monoisotopic (exact) mass is 270 g/mol. The molecule has 108 valence electrons. The molecule has 2 atom stereocenters. The number of hydrogen-bond acceptors (Lipinski definition) is 4. The van der Waals surface area contributed by atoms with Gasteiger partial charge in [-0.05, 0) is 6.92 Å². The number of methoxy groups -OCH3 is 1. The van der Waals surface area contributed by atoms with Crippen molar-refractivity contribution in [2.45, 2.75) is 20.3 Å². The van der Waals surface area contributed by atoms with Crippen LogP contribution >= 0.6 is 0 Å². The fraction of sp³-hybridized carbons (Fsp3) is 0.769. The fourth-order valence-corrected chi connectivity index (χ4v) is 2.33. The van der Waals surface area contributed by atoms with Crippen LogP contribution in [0.5, 0.6) is 0 Å². The SMILES string of the molecule is CCN1CC(C(=O)N(C)CC(C)C(=O)OC)CC1=O. The fourth-order valence-electron chi connectivity index (χ4n) is 2.33. The van der Waals surface area contributed by atoms with Gasteiger partial charge in [0.05, 0.1) is 18.9 Å². The van der Waals surface area contributed by atoms with E-state index >= 15 is 0 Å². The average Bonchev–Trinajstić information content (AvgIpc) is 2.77. The minimum absolute atomic E-state index is 0.0234. The van der Waals surface area contributed by atoms with E-state index in [1.165, 1.54) is 12.0 Å². The number of amides is 2. The van der Waals surface area contributed by atoms with Crippen LogP contribution in [0, 0.1) is 11.8 Å². The minimum Gasteiger partial charge on any atom is -0.469 e. The van der Waals surface area contributed by atoms with E-state index in [2.05, 4.69) is 4.74 Å². The highest BCUT2D eigenvalue weighted by Gasteiger charge is 2.35. The van der Waals surface area contributed by atoms with Crippen LogP contribution in [0.1, 0.15) is 20.3 Å². The summed E-state index contributed by atoms with van der Waals surface area (Å²) in [5, 5.41) is 0. The highest BCUT2D eigenvalue weighted by atomic mass is 16.5. The number of carbonyl (C=O) groups is 3. The molecule has 0 aromatic carbocycles. The van der Waals surface area contributed by atoms with Crippen molar-refractivity contribution in [2.75, 3.05) is 33.8 Å². The van der Waals surface area contributed by atoms with E-state index in [9.17, 15) is 14.4 Å². The summed E-state index contributed by atoms with van der Waals surface area (Å²) < 4.78 is 4.63. The highest BCUT2D eigenvalue weighted by Crippen LogP contribution is 2.19. The van der Waals surface area contributed by atoms with Crippen LogP contribution in [0.4, 0.5) is 0 Å². The lowest BCUT2D eigenvalue weighted by atomic mass is 10.1. The second-order valence-corrected chi connectivity index (χ2v) is 4.98. The molecular weight excluding hydrogens is 248 g/mol. The normalized spacial score (nSPS) is 20.3. The lowest BCUT2D eigenvalue weighted by Crippen LogP contribution is -2.38. The Morgan fingerprint density at radius 2 is 2.16 bits per heavy atom. The molecule has 0 saturated carbocycles. The van der Waals surface area contributed by atoms with Crippen LogP contribution in [0.3, 0.4) is 0 Å². The molecule has 1 aliphatic rings. The first-order valence-corrected chi connectivity index (χ1v) is 6.51. The molecule has 1 rings (SSSR count). The molecule has 0 spiro atoms. The van der Waals surface area contributed by atoms with E-state index in [1.54, 1.807) is 18.9 Å². The number of rotatable bonds is 5. The van der Waals surface area contributed by atoms with Gasteiger partial charge in [0.15, 0.2) is 0 Å². The standard InChI is InChI=1S/C13H22N2O4/c1-5-15-8-10(6-11(15)16)12(17)14(3)7-9(2)13(18)19-4/h9-10H,5-8H2,1-4H3. The van der Waals surface area contributed by atoms with Gasteiger partial charge in [-0.25, -0.2) is 0 Å². The summed E-state index contributed by atoms with van der Waals surface area (Å²) in [5.74, 6) is -1.05. The van der Waals surface area contributed by atoms with Crippen LogP contribution in [-0.4, -0.2) is 61.4 Å². The number of likely N-dealkylation sites (tertiary alicyclic amines) is 1.